The van der Waals surface area contributed by atoms with Gasteiger partial charge < -0.3 is 0 Å². The Hall–Kier alpha value is -3.77. The first-order chi connectivity index (χ1) is 17.3. The molecule has 0 bridgehead atoms. The van der Waals surface area contributed by atoms with Crippen LogP contribution in [0.15, 0.2) is 90.1 Å². The number of hydrogen-bond donors (Lipinski definition) is 0. The van der Waals surface area contributed by atoms with Gasteiger partial charge in [0.05, 0.1) is 11.3 Å². The van der Waals surface area contributed by atoms with Gasteiger partial charge in [-0.3, -0.25) is 9.36 Å². The molecule has 2 aromatic heterocycles. The maximum atomic E-state index is 13.5. The SMILES string of the molecule is O=C(CSc1nnc(-c2ccccc2)c(-c2ccccc2)n1)n1c2c(c3ccccc31)CCCC2. The average Bonchev–Trinajstić information content (AvgIpc) is 3.27. The fraction of sp³-hybridized carbons (Fsp3) is 0.172. The van der Waals surface area contributed by atoms with E-state index in [4.69, 9.17) is 4.98 Å². The quantitative estimate of drug-likeness (QED) is 0.272. The van der Waals surface area contributed by atoms with Crippen molar-refractivity contribution in [2.45, 2.75) is 30.8 Å². The zero-order valence-corrected chi connectivity index (χ0v) is 20.0. The van der Waals surface area contributed by atoms with Crippen LogP contribution in [0.3, 0.4) is 0 Å². The number of rotatable bonds is 5. The van der Waals surface area contributed by atoms with Crippen LogP contribution in [-0.4, -0.2) is 31.4 Å². The highest BCUT2D eigenvalue weighted by Crippen LogP contribution is 2.33. The Labute approximate surface area is 208 Å². The summed E-state index contributed by atoms with van der Waals surface area (Å²) >= 11 is 1.34. The molecule has 0 fully saturated rings. The Bertz CT molecular complexity index is 1510. The lowest BCUT2D eigenvalue weighted by molar-refractivity contribution is 0.0943. The van der Waals surface area contributed by atoms with E-state index in [2.05, 4.69) is 28.4 Å². The summed E-state index contributed by atoms with van der Waals surface area (Å²) in [5.41, 5.74) is 6.95. The smallest absolute Gasteiger partial charge is 0.241 e. The lowest BCUT2D eigenvalue weighted by Crippen LogP contribution is -2.18. The van der Waals surface area contributed by atoms with Gasteiger partial charge in [0.1, 0.15) is 11.4 Å². The topological polar surface area (TPSA) is 60.7 Å². The minimum atomic E-state index is 0.0614. The molecular weight excluding hydrogens is 452 g/mol. The van der Waals surface area contributed by atoms with Gasteiger partial charge in [-0.05, 0) is 37.3 Å². The van der Waals surface area contributed by atoms with Gasteiger partial charge >= 0.3 is 0 Å². The summed E-state index contributed by atoms with van der Waals surface area (Å²) in [6.07, 6.45) is 4.29. The standard InChI is InChI=1S/C29H24N4OS/c34-26(33-24-17-9-7-15-22(24)23-16-8-10-18-25(23)33)19-35-29-30-27(20-11-3-1-4-12-20)28(31-32-29)21-13-5-2-6-14-21/h1-7,9,11-15,17H,8,10,16,18-19H2. The first-order valence-electron chi connectivity index (χ1n) is 11.9. The molecule has 5 aromatic rings. The summed E-state index contributed by atoms with van der Waals surface area (Å²) < 4.78 is 1.93. The minimum absolute atomic E-state index is 0.0614. The molecule has 35 heavy (non-hydrogen) atoms. The summed E-state index contributed by atoms with van der Waals surface area (Å²) in [6, 6.07) is 28.2. The molecule has 5 nitrogen and oxygen atoms in total. The molecule has 0 spiro atoms. The van der Waals surface area contributed by atoms with E-state index in [1.807, 2.05) is 71.3 Å². The van der Waals surface area contributed by atoms with Crippen molar-refractivity contribution in [2.24, 2.45) is 0 Å². The maximum Gasteiger partial charge on any atom is 0.241 e. The van der Waals surface area contributed by atoms with Gasteiger partial charge in [0.25, 0.3) is 0 Å². The largest absolute Gasteiger partial charge is 0.283 e. The van der Waals surface area contributed by atoms with Crippen LogP contribution in [0, 0.1) is 0 Å². The molecular formula is C29H24N4OS. The molecule has 0 atom stereocenters. The Morgan fingerprint density at radius 1 is 0.771 bits per heavy atom. The molecule has 0 saturated carbocycles. The molecule has 6 heteroatoms. The van der Waals surface area contributed by atoms with Crippen LogP contribution in [0.25, 0.3) is 33.4 Å². The van der Waals surface area contributed by atoms with E-state index >= 15 is 0 Å². The molecule has 0 saturated heterocycles. The second-order valence-electron chi connectivity index (χ2n) is 8.69. The number of para-hydroxylation sites is 1. The fourth-order valence-corrected chi connectivity index (χ4v) is 5.57. The average molecular weight is 477 g/mol. The lowest BCUT2D eigenvalue weighted by atomic mass is 9.96. The lowest BCUT2D eigenvalue weighted by Gasteiger charge is -2.15. The number of hydrogen-bond acceptors (Lipinski definition) is 5. The Kier molecular flexibility index (Phi) is 5.88. The number of benzene rings is 3. The van der Waals surface area contributed by atoms with Gasteiger partial charge in [0, 0.05) is 22.2 Å². The second-order valence-corrected chi connectivity index (χ2v) is 9.63. The summed E-state index contributed by atoms with van der Waals surface area (Å²) in [5, 5.41) is 10.6. The molecule has 2 heterocycles. The zero-order chi connectivity index (χ0) is 23.6. The number of fused-ring (bicyclic) bond motifs is 3. The number of carbonyl (C=O) groups is 1. The van der Waals surface area contributed by atoms with Gasteiger partial charge in [0.15, 0.2) is 0 Å². The highest BCUT2D eigenvalue weighted by molar-refractivity contribution is 7.99. The number of carbonyl (C=O) groups excluding carboxylic acids is 1. The van der Waals surface area contributed by atoms with Crippen molar-refractivity contribution in [2.75, 3.05) is 5.75 Å². The molecule has 0 N–H and O–H groups in total. The van der Waals surface area contributed by atoms with Crippen LogP contribution in [-0.2, 0) is 12.8 Å². The third-order valence-electron chi connectivity index (χ3n) is 6.51. The molecule has 0 amide bonds. The highest BCUT2D eigenvalue weighted by Gasteiger charge is 2.23. The monoisotopic (exact) mass is 476 g/mol. The molecule has 0 aliphatic heterocycles. The summed E-state index contributed by atoms with van der Waals surface area (Å²) in [4.78, 5) is 18.3. The molecule has 0 unspecified atom stereocenters. The molecule has 0 radical (unpaired) electrons. The van der Waals surface area contributed by atoms with Crippen molar-refractivity contribution in [3.05, 3.63) is 96.2 Å². The van der Waals surface area contributed by atoms with Crippen LogP contribution >= 0.6 is 11.8 Å². The van der Waals surface area contributed by atoms with Gasteiger partial charge in [-0.1, -0.05) is 90.6 Å². The Morgan fingerprint density at radius 3 is 2.20 bits per heavy atom. The number of aryl methyl sites for hydroxylation is 1. The van der Waals surface area contributed by atoms with E-state index in [1.165, 1.54) is 34.8 Å². The maximum absolute atomic E-state index is 13.5. The minimum Gasteiger partial charge on any atom is -0.283 e. The van der Waals surface area contributed by atoms with Gasteiger partial charge in [-0.15, -0.1) is 10.2 Å². The predicted molar refractivity (Wildman–Crippen MR) is 141 cm³/mol. The van der Waals surface area contributed by atoms with Crippen LogP contribution < -0.4 is 0 Å². The van der Waals surface area contributed by atoms with Crippen LogP contribution in [0.4, 0.5) is 0 Å². The normalized spacial score (nSPS) is 13.0. The first-order valence-corrected chi connectivity index (χ1v) is 12.9. The van der Waals surface area contributed by atoms with Crippen molar-refractivity contribution in [1.29, 1.82) is 0 Å². The van der Waals surface area contributed by atoms with Gasteiger partial charge in [-0.25, -0.2) is 4.98 Å². The van der Waals surface area contributed by atoms with Crippen molar-refractivity contribution >= 4 is 28.6 Å². The molecule has 172 valence electrons. The van der Waals surface area contributed by atoms with Crippen molar-refractivity contribution in [1.82, 2.24) is 19.7 Å². The number of nitrogens with zero attached hydrogens (tertiary/aromatic N) is 4. The summed E-state index contributed by atoms with van der Waals surface area (Å²) in [5.74, 6) is 0.317. The number of thioether (sulfide) groups is 1. The Morgan fingerprint density at radius 2 is 1.43 bits per heavy atom. The fourth-order valence-electron chi connectivity index (χ4n) is 4.93. The zero-order valence-electron chi connectivity index (χ0n) is 19.2. The molecule has 3 aromatic carbocycles. The Balaban J connectivity index is 1.32. The third-order valence-corrected chi connectivity index (χ3v) is 7.34. The first kappa shape index (κ1) is 21.7. The van der Waals surface area contributed by atoms with Gasteiger partial charge in [0.2, 0.25) is 11.1 Å². The van der Waals surface area contributed by atoms with Crippen LogP contribution in [0.5, 0.6) is 0 Å². The summed E-state index contributed by atoms with van der Waals surface area (Å²) in [7, 11) is 0. The van der Waals surface area contributed by atoms with Crippen LogP contribution in [0.2, 0.25) is 0 Å². The van der Waals surface area contributed by atoms with Crippen LogP contribution in [0.1, 0.15) is 28.9 Å². The van der Waals surface area contributed by atoms with E-state index < -0.39 is 0 Å². The predicted octanol–water partition coefficient (Wildman–Crippen LogP) is 6.47. The van der Waals surface area contributed by atoms with Crippen molar-refractivity contribution in [3.63, 3.8) is 0 Å². The number of aromatic nitrogens is 4. The van der Waals surface area contributed by atoms with E-state index in [0.717, 1.165) is 47.3 Å². The van der Waals surface area contributed by atoms with Crippen molar-refractivity contribution in [3.8, 4) is 22.5 Å². The second kappa shape index (κ2) is 9.47. The van der Waals surface area contributed by atoms with E-state index in [0.29, 0.717) is 5.16 Å². The summed E-state index contributed by atoms with van der Waals surface area (Å²) in [6.45, 7) is 0. The van der Waals surface area contributed by atoms with Crippen molar-refractivity contribution < 1.29 is 4.79 Å². The van der Waals surface area contributed by atoms with E-state index in [1.54, 1.807) is 0 Å². The van der Waals surface area contributed by atoms with Gasteiger partial charge in [-0.2, -0.15) is 0 Å². The molecule has 1 aliphatic rings. The van der Waals surface area contributed by atoms with E-state index in [9.17, 15) is 4.79 Å². The molecule has 1 aliphatic carbocycles. The highest BCUT2D eigenvalue weighted by atomic mass is 32.2. The molecule has 6 rings (SSSR count). The van der Waals surface area contributed by atoms with E-state index in [-0.39, 0.29) is 11.7 Å². The third kappa shape index (κ3) is 4.15.